The number of hydrogen-bond acceptors (Lipinski definition) is 5. The quantitative estimate of drug-likeness (QED) is 0.848. The number of nitrogens with zero attached hydrogens (tertiary/aromatic N) is 3. The summed E-state index contributed by atoms with van der Waals surface area (Å²) >= 11 is 3.20. The number of likely N-dealkylation sites (tertiary alicyclic amines) is 1. The highest BCUT2D eigenvalue weighted by Crippen LogP contribution is 2.32. The molecule has 7 heteroatoms. The molecule has 1 amide bonds. The Labute approximate surface area is 117 Å². The minimum absolute atomic E-state index is 0.131. The first kappa shape index (κ1) is 12.4. The second-order valence-electron chi connectivity index (χ2n) is 4.43. The fraction of sp³-hybridized carbons (Fsp3) is 0.417. The van der Waals surface area contributed by atoms with Crippen LogP contribution in [0.15, 0.2) is 25.7 Å². The minimum Gasteiger partial charge on any atom is -0.444 e. The number of carbonyl (C=O) groups excluding carboxylic acids is 1. The average Bonchev–Trinajstić information content (AvgIpc) is 3.07. The van der Waals surface area contributed by atoms with Gasteiger partial charge in [0.1, 0.15) is 0 Å². The summed E-state index contributed by atoms with van der Waals surface area (Å²) in [5, 5.41) is 3.91. The lowest BCUT2D eigenvalue weighted by molar-refractivity contribution is 0.0694. The first-order valence-corrected chi connectivity index (χ1v) is 6.81. The Kier molecular flexibility index (Phi) is 3.14. The smallest absolute Gasteiger partial charge is 0.290 e. The first-order valence-electron chi connectivity index (χ1n) is 6.01. The maximum Gasteiger partial charge on any atom is 0.290 e. The zero-order chi connectivity index (χ0) is 13.4. The standard InChI is InChI=1S/C12H12BrN3O3/c1-7-14-11(15-19-7)8-3-2-6-16(8)12(17)9-4-5-10(13)18-9/h4-5,8H,2-3,6H2,1H3. The van der Waals surface area contributed by atoms with Crippen LogP contribution in [0.5, 0.6) is 0 Å². The van der Waals surface area contributed by atoms with E-state index in [9.17, 15) is 4.79 Å². The van der Waals surface area contributed by atoms with Crippen molar-refractivity contribution in [1.29, 1.82) is 0 Å². The number of aryl methyl sites for hydroxylation is 1. The topological polar surface area (TPSA) is 72.4 Å². The van der Waals surface area contributed by atoms with E-state index in [2.05, 4.69) is 26.1 Å². The summed E-state index contributed by atoms with van der Waals surface area (Å²) in [6, 6.07) is 3.23. The van der Waals surface area contributed by atoms with Crippen molar-refractivity contribution < 1.29 is 13.7 Å². The molecule has 100 valence electrons. The molecule has 1 atom stereocenters. The molecule has 6 nitrogen and oxygen atoms in total. The Morgan fingerprint density at radius 3 is 3.00 bits per heavy atom. The monoisotopic (exact) mass is 325 g/mol. The van der Waals surface area contributed by atoms with Gasteiger partial charge in [-0.25, -0.2) is 0 Å². The zero-order valence-electron chi connectivity index (χ0n) is 10.3. The molecular weight excluding hydrogens is 314 g/mol. The van der Waals surface area contributed by atoms with Crippen LogP contribution < -0.4 is 0 Å². The number of rotatable bonds is 2. The Balaban J connectivity index is 1.85. The molecule has 1 unspecified atom stereocenters. The first-order chi connectivity index (χ1) is 9.15. The number of carbonyl (C=O) groups is 1. The van der Waals surface area contributed by atoms with Gasteiger partial charge in [-0.15, -0.1) is 0 Å². The molecule has 3 rings (SSSR count). The van der Waals surface area contributed by atoms with Crippen molar-refractivity contribution in [3.05, 3.63) is 34.3 Å². The Morgan fingerprint density at radius 1 is 1.53 bits per heavy atom. The van der Waals surface area contributed by atoms with Gasteiger partial charge in [0, 0.05) is 13.5 Å². The second-order valence-corrected chi connectivity index (χ2v) is 5.21. The maximum absolute atomic E-state index is 12.4. The molecule has 0 aliphatic carbocycles. The van der Waals surface area contributed by atoms with Crippen LogP contribution >= 0.6 is 15.9 Å². The summed E-state index contributed by atoms with van der Waals surface area (Å²) < 4.78 is 10.8. The molecular formula is C12H12BrN3O3. The fourth-order valence-electron chi connectivity index (χ4n) is 2.30. The molecule has 0 saturated carbocycles. The average molecular weight is 326 g/mol. The number of amides is 1. The third-order valence-electron chi connectivity index (χ3n) is 3.14. The SMILES string of the molecule is Cc1nc(C2CCCN2C(=O)c2ccc(Br)o2)no1. The molecule has 0 aromatic carbocycles. The molecule has 1 aliphatic heterocycles. The molecule has 1 aliphatic rings. The second kappa shape index (κ2) is 4.80. The van der Waals surface area contributed by atoms with E-state index in [1.54, 1.807) is 24.0 Å². The van der Waals surface area contributed by atoms with Crippen molar-refractivity contribution in [3.8, 4) is 0 Å². The third-order valence-corrected chi connectivity index (χ3v) is 3.57. The molecule has 0 radical (unpaired) electrons. The van der Waals surface area contributed by atoms with Gasteiger partial charge in [0.2, 0.25) is 5.89 Å². The number of furan rings is 1. The van der Waals surface area contributed by atoms with Crippen LogP contribution in [-0.2, 0) is 0 Å². The third kappa shape index (κ3) is 2.30. The van der Waals surface area contributed by atoms with Gasteiger partial charge in [0.25, 0.3) is 5.91 Å². The predicted octanol–water partition coefficient (Wildman–Crippen LogP) is 2.71. The van der Waals surface area contributed by atoms with E-state index in [4.69, 9.17) is 8.94 Å². The van der Waals surface area contributed by atoms with Crippen LogP contribution in [0.3, 0.4) is 0 Å². The van der Waals surface area contributed by atoms with Gasteiger partial charge in [-0.3, -0.25) is 4.79 Å². The van der Waals surface area contributed by atoms with Gasteiger partial charge < -0.3 is 13.8 Å². The lowest BCUT2D eigenvalue weighted by atomic mass is 10.2. The molecule has 2 aromatic heterocycles. The summed E-state index contributed by atoms with van der Waals surface area (Å²) in [7, 11) is 0. The van der Waals surface area contributed by atoms with Gasteiger partial charge in [-0.05, 0) is 40.9 Å². The lowest BCUT2D eigenvalue weighted by Crippen LogP contribution is -2.30. The highest BCUT2D eigenvalue weighted by Gasteiger charge is 2.34. The molecule has 0 spiro atoms. The van der Waals surface area contributed by atoms with E-state index in [0.717, 1.165) is 12.8 Å². The summed E-state index contributed by atoms with van der Waals surface area (Å²) in [5.74, 6) is 1.25. The van der Waals surface area contributed by atoms with E-state index in [1.165, 1.54) is 0 Å². The van der Waals surface area contributed by atoms with Crippen LogP contribution in [0.2, 0.25) is 0 Å². The largest absolute Gasteiger partial charge is 0.444 e. The van der Waals surface area contributed by atoms with Crippen molar-refractivity contribution in [2.24, 2.45) is 0 Å². The van der Waals surface area contributed by atoms with Crippen LogP contribution in [0.4, 0.5) is 0 Å². The Hall–Kier alpha value is -1.63. The van der Waals surface area contributed by atoms with Crippen molar-refractivity contribution in [3.63, 3.8) is 0 Å². The highest BCUT2D eigenvalue weighted by atomic mass is 79.9. The summed E-state index contributed by atoms with van der Waals surface area (Å²) in [6.45, 7) is 2.41. The lowest BCUT2D eigenvalue weighted by Gasteiger charge is -2.20. The number of aromatic nitrogens is 2. The van der Waals surface area contributed by atoms with Gasteiger partial charge in [-0.1, -0.05) is 5.16 Å². The van der Waals surface area contributed by atoms with Crippen molar-refractivity contribution in [1.82, 2.24) is 15.0 Å². The predicted molar refractivity (Wildman–Crippen MR) is 68.5 cm³/mol. The van der Waals surface area contributed by atoms with E-state index in [1.807, 2.05) is 0 Å². The van der Waals surface area contributed by atoms with Gasteiger partial charge in [0.15, 0.2) is 16.3 Å². The van der Waals surface area contributed by atoms with Crippen LogP contribution in [0, 0.1) is 6.92 Å². The van der Waals surface area contributed by atoms with Crippen molar-refractivity contribution >= 4 is 21.8 Å². The normalized spacial score (nSPS) is 19.1. The minimum atomic E-state index is -0.143. The van der Waals surface area contributed by atoms with Crippen LogP contribution in [0.1, 0.15) is 41.2 Å². The van der Waals surface area contributed by atoms with E-state index in [0.29, 0.717) is 28.7 Å². The molecule has 0 N–H and O–H groups in total. The van der Waals surface area contributed by atoms with E-state index >= 15 is 0 Å². The van der Waals surface area contributed by atoms with E-state index < -0.39 is 0 Å². The summed E-state index contributed by atoms with van der Waals surface area (Å²) in [5.41, 5.74) is 0. The van der Waals surface area contributed by atoms with Gasteiger partial charge in [0.05, 0.1) is 6.04 Å². The number of halogens is 1. The molecule has 19 heavy (non-hydrogen) atoms. The molecule has 1 fully saturated rings. The van der Waals surface area contributed by atoms with Gasteiger partial charge in [-0.2, -0.15) is 4.98 Å². The van der Waals surface area contributed by atoms with Crippen molar-refractivity contribution in [2.45, 2.75) is 25.8 Å². The fourth-order valence-corrected chi connectivity index (χ4v) is 2.61. The maximum atomic E-state index is 12.4. The highest BCUT2D eigenvalue weighted by molar-refractivity contribution is 9.10. The number of hydrogen-bond donors (Lipinski definition) is 0. The van der Waals surface area contributed by atoms with E-state index in [-0.39, 0.29) is 11.9 Å². The molecule has 3 heterocycles. The zero-order valence-corrected chi connectivity index (χ0v) is 11.9. The molecule has 0 bridgehead atoms. The van der Waals surface area contributed by atoms with Crippen LogP contribution in [0.25, 0.3) is 0 Å². The summed E-state index contributed by atoms with van der Waals surface area (Å²) in [6.07, 6.45) is 1.76. The van der Waals surface area contributed by atoms with Crippen molar-refractivity contribution in [2.75, 3.05) is 6.54 Å². The molecule has 2 aromatic rings. The molecule has 1 saturated heterocycles. The van der Waals surface area contributed by atoms with Crippen LogP contribution in [-0.4, -0.2) is 27.5 Å². The Morgan fingerprint density at radius 2 is 2.37 bits per heavy atom. The Bertz CT molecular complexity index is 607. The van der Waals surface area contributed by atoms with Gasteiger partial charge >= 0.3 is 0 Å². The summed E-state index contributed by atoms with van der Waals surface area (Å²) in [4.78, 5) is 18.3.